The number of rotatable bonds is 1. The smallest absolute Gasteiger partial charge is 0.254 e. The van der Waals surface area contributed by atoms with E-state index in [4.69, 9.17) is 0 Å². The summed E-state index contributed by atoms with van der Waals surface area (Å²) in [7, 11) is 1.82. The van der Waals surface area contributed by atoms with Crippen LogP contribution in [-0.2, 0) is 6.54 Å². The van der Waals surface area contributed by atoms with E-state index in [2.05, 4.69) is 4.98 Å². The molecule has 0 spiro atoms. The molecule has 1 aliphatic heterocycles. The van der Waals surface area contributed by atoms with Crippen molar-refractivity contribution >= 4 is 5.91 Å². The lowest BCUT2D eigenvalue weighted by atomic mass is 10.0. The van der Waals surface area contributed by atoms with Crippen LogP contribution in [0.4, 0.5) is 0 Å². The molecule has 17 heavy (non-hydrogen) atoms. The van der Waals surface area contributed by atoms with Gasteiger partial charge in [0.25, 0.3) is 5.91 Å². The SMILES string of the molecule is CN1Cc2ccc(-c3ccccn3)cc2C1=O. The Kier molecular flexibility index (Phi) is 2.18. The summed E-state index contributed by atoms with van der Waals surface area (Å²) in [6.07, 6.45) is 1.76. The Balaban J connectivity index is 2.09. The minimum Gasteiger partial charge on any atom is -0.337 e. The Labute approximate surface area is 99.7 Å². The molecule has 2 heterocycles. The molecule has 1 aliphatic rings. The van der Waals surface area contributed by atoms with Crippen molar-refractivity contribution < 1.29 is 4.79 Å². The molecule has 3 nitrogen and oxygen atoms in total. The topological polar surface area (TPSA) is 33.2 Å². The van der Waals surface area contributed by atoms with E-state index in [0.717, 1.165) is 22.4 Å². The van der Waals surface area contributed by atoms with Gasteiger partial charge in [-0.15, -0.1) is 0 Å². The zero-order valence-electron chi connectivity index (χ0n) is 9.55. The Morgan fingerprint density at radius 3 is 2.88 bits per heavy atom. The minimum atomic E-state index is 0.0952. The summed E-state index contributed by atoms with van der Waals surface area (Å²) >= 11 is 0. The second-order valence-electron chi connectivity index (χ2n) is 4.25. The van der Waals surface area contributed by atoms with Gasteiger partial charge >= 0.3 is 0 Å². The quantitative estimate of drug-likeness (QED) is 0.744. The van der Waals surface area contributed by atoms with E-state index >= 15 is 0 Å². The second-order valence-corrected chi connectivity index (χ2v) is 4.25. The van der Waals surface area contributed by atoms with Gasteiger partial charge in [0.05, 0.1) is 5.69 Å². The van der Waals surface area contributed by atoms with Crippen LogP contribution in [0.25, 0.3) is 11.3 Å². The van der Waals surface area contributed by atoms with Crippen LogP contribution in [-0.4, -0.2) is 22.8 Å². The molecule has 3 rings (SSSR count). The predicted octanol–water partition coefficient (Wildman–Crippen LogP) is 2.33. The van der Waals surface area contributed by atoms with Gasteiger partial charge in [0.15, 0.2) is 0 Å². The van der Waals surface area contributed by atoms with Crippen molar-refractivity contribution in [1.29, 1.82) is 0 Å². The number of aromatic nitrogens is 1. The molecule has 1 aromatic carbocycles. The van der Waals surface area contributed by atoms with E-state index in [1.807, 2.05) is 43.4 Å². The highest BCUT2D eigenvalue weighted by atomic mass is 16.2. The van der Waals surface area contributed by atoms with E-state index in [9.17, 15) is 4.79 Å². The van der Waals surface area contributed by atoms with E-state index in [1.54, 1.807) is 11.1 Å². The Bertz CT molecular complexity index is 578. The van der Waals surface area contributed by atoms with E-state index < -0.39 is 0 Å². The standard InChI is InChI=1S/C14H12N2O/c1-16-9-11-6-5-10(8-12(11)14(16)17)13-4-2-3-7-15-13/h2-8H,9H2,1H3. The molecule has 0 saturated heterocycles. The molecule has 84 valence electrons. The van der Waals surface area contributed by atoms with Crippen LogP contribution in [0, 0.1) is 0 Å². The maximum absolute atomic E-state index is 11.9. The molecular weight excluding hydrogens is 212 g/mol. The van der Waals surface area contributed by atoms with Gasteiger partial charge in [-0.2, -0.15) is 0 Å². The zero-order chi connectivity index (χ0) is 11.8. The van der Waals surface area contributed by atoms with E-state index in [1.165, 1.54) is 0 Å². The molecule has 0 saturated carbocycles. The predicted molar refractivity (Wildman–Crippen MR) is 65.5 cm³/mol. The number of amides is 1. The Morgan fingerprint density at radius 1 is 1.24 bits per heavy atom. The third-order valence-corrected chi connectivity index (χ3v) is 3.06. The molecular formula is C14H12N2O. The average molecular weight is 224 g/mol. The summed E-state index contributed by atoms with van der Waals surface area (Å²) in [5, 5.41) is 0. The van der Waals surface area contributed by atoms with Crippen molar-refractivity contribution in [2.75, 3.05) is 7.05 Å². The summed E-state index contributed by atoms with van der Waals surface area (Å²) in [6, 6.07) is 11.8. The van der Waals surface area contributed by atoms with Crippen molar-refractivity contribution in [3.05, 3.63) is 53.7 Å². The fraction of sp³-hybridized carbons (Fsp3) is 0.143. The summed E-state index contributed by atoms with van der Waals surface area (Å²) in [5.74, 6) is 0.0952. The molecule has 3 heteroatoms. The van der Waals surface area contributed by atoms with Crippen LogP contribution >= 0.6 is 0 Å². The van der Waals surface area contributed by atoms with Crippen LogP contribution in [0.2, 0.25) is 0 Å². The maximum Gasteiger partial charge on any atom is 0.254 e. The van der Waals surface area contributed by atoms with Crippen LogP contribution in [0.1, 0.15) is 15.9 Å². The van der Waals surface area contributed by atoms with Gasteiger partial charge in [0.1, 0.15) is 0 Å². The number of benzene rings is 1. The van der Waals surface area contributed by atoms with E-state index in [0.29, 0.717) is 6.54 Å². The van der Waals surface area contributed by atoms with Gasteiger partial charge in [0.2, 0.25) is 0 Å². The van der Waals surface area contributed by atoms with Gasteiger partial charge in [0, 0.05) is 30.9 Å². The van der Waals surface area contributed by atoms with Gasteiger partial charge < -0.3 is 4.90 Å². The Morgan fingerprint density at radius 2 is 2.12 bits per heavy atom. The van der Waals surface area contributed by atoms with Crippen LogP contribution < -0.4 is 0 Å². The normalized spacial score (nSPS) is 13.9. The number of pyridine rings is 1. The van der Waals surface area contributed by atoms with Gasteiger partial charge in [-0.05, 0) is 23.8 Å². The molecule has 0 N–H and O–H groups in total. The van der Waals surface area contributed by atoms with Crippen molar-refractivity contribution in [1.82, 2.24) is 9.88 Å². The number of hydrogen-bond acceptors (Lipinski definition) is 2. The molecule has 0 unspecified atom stereocenters. The van der Waals surface area contributed by atoms with Crippen molar-refractivity contribution in [2.45, 2.75) is 6.54 Å². The Hall–Kier alpha value is -2.16. The molecule has 1 aromatic heterocycles. The number of carbonyl (C=O) groups excluding carboxylic acids is 1. The highest BCUT2D eigenvalue weighted by Gasteiger charge is 2.24. The molecule has 0 radical (unpaired) electrons. The molecule has 0 fully saturated rings. The molecule has 2 aromatic rings. The molecule has 1 amide bonds. The first-order valence-corrected chi connectivity index (χ1v) is 5.55. The largest absolute Gasteiger partial charge is 0.337 e. The summed E-state index contributed by atoms with van der Waals surface area (Å²) in [5.41, 5.74) is 3.79. The summed E-state index contributed by atoms with van der Waals surface area (Å²) in [6.45, 7) is 0.705. The van der Waals surface area contributed by atoms with Crippen LogP contribution in [0.5, 0.6) is 0 Å². The first-order chi connectivity index (χ1) is 8.25. The fourth-order valence-corrected chi connectivity index (χ4v) is 2.14. The van der Waals surface area contributed by atoms with Gasteiger partial charge in [-0.25, -0.2) is 0 Å². The van der Waals surface area contributed by atoms with E-state index in [-0.39, 0.29) is 5.91 Å². The third-order valence-electron chi connectivity index (χ3n) is 3.06. The highest BCUT2D eigenvalue weighted by molar-refractivity contribution is 5.99. The maximum atomic E-state index is 11.9. The van der Waals surface area contributed by atoms with Crippen LogP contribution in [0.3, 0.4) is 0 Å². The summed E-state index contributed by atoms with van der Waals surface area (Å²) < 4.78 is 0. The van der Waals surface area contributed by atoms with Crippen molar-refractivity contribution in [2.24, 2.45) is 0 Å². The first-order valence-electron chi connectivity index (χ1n) is 5.55. The lowest BCUT2D eigenvalue weighted by Crippen LogP contribution is -2.17. The lowest BCUT2D eigenvalue weighted by molar-refractivity contribution is 0.0816. The third kappa shape index (κ3) is 1.60. The van der Waals surface area contributed by atoms with Gasteiger partial charge in [-0.3, -0.25) is 9.78 Å². The molecule has 0 atom stereocenters. The summed E-state index contributed by atoms with van der Waals surface area (Å²) in [4.78, 5) is 17.9. The molecule has 0 bridgehead atoms. The molecule has 0 aliphatic carbocycles. The average Bonchev–Trinajstić information content (AvgIpc) is 2.66. The zero-order valence-corrected chi connectivity index (χ0v) is 9.55. The van der Waals surface area contributed by atoms with Gasteiger partial charge in [-0.1, -0.05) is 18.2 Å². The number of carbonyl (C=O) groups is 1. The monoisotopic (exact) mass is 224 g/mol. The lowest BCUT2D eigenvalue weighted by Gasteiger charge is -2.04. The fourth-order valence-electron chi connectivity index (χ4n) is 2.14. The number of hydrogen-bond donors (Lipinski definition) is 0. The number of fused-ring (bicyclic) bond motifs is 1. The highest BCUT2D eigenvalue weighted by Crippen LogP contribution is 2.26. The second kappa shape index (κ2) is 3.70. The minimum absolute atomic E-state index is 0.0952. The van der Waals surface area contributed by atoms with Crippen molar-refractivity contribution in [3.63, 3.8) is 0 Å². The van der Waals surface area contributed by atoms with Crippen LogP contribution in [0.15, 0.2) is 42.6 Å². The number of nitrogens with zero attached hydrogens (tertiary/aromatic N) is 2. The first kappa shape index (κ1) is 10.0. The van der Waals surface area contributed by atoms with Crippen molar-refractivity contribution in [3.8, 4) is 11.3 Å².